The molecule has 0 radical (unpaired) electrons. The summed E-state index contributed by atoms with van der Waals surface area (Å²) in [4.78, 5) is 26.4. The third kappa shape index (κ3) is 3.94. The van der Waals surface area contributed by atoms with Crippen LogP contribution in [0, 0.1) is 0 Å². The summed E-state index contributed by atoms with van der Waals surface area (Å²) in [5, 5.41) is 0. The molecule has 0 saturated heterocycles. The van der Waals surface area contributed by atoms with Crippen LogP contribution in [0.4, 0.5) is 0 Å². The molecule has 6 nitrogen and oxygen atoms in total. The van der Waals surface area contributed by atoms with Crippen molar-refractivity contribution in [3.8, 4) is 11.5 Å². The van der Waals surface area contributed by atoms with E-state index in [1.54, 1.807) is 31.3 Å². The largest absolute Gasteiger partial charge is 0.493 e. The molecule has 0 aliphatic carbocycles. The van der Waals surface area contributed by atoms with Crippen LogP contribution in [-0.4, -0.2) is 44.1 Å². The summed E-state index contributed by atoms with van der Waals surface area (Å²) in [5.74, 6) is 0.525. The van der Waals surface area contributed by atoms with Gasteiger partial charge in [-0.3, -0.25) is 4.79 Å². The van der Waals surface area contributed by atoms with Crippen LogP contribution in [0.3, 0.4) is 0 Å². The molecule has 1 aliphatic heterocycles. The highest BCUT2D eigenvalue weighted by molar-refractivity contribution is 7.17. The maximum absolute atomic E-state index is 12.4. The van der Waals surface area contributed by atoms with Gasteiger partial charge in [-0.05, 0) is 41.8 Å². The van der Waals surface area contributed by atoms with Crippen LogP contribution < -0.4 is 9.47 Å². The SMILES string of the molecule is COc1cc2c(cc1OC)CN(C(=O)COC(=O)c1ccc(Cl)s1)CC2. The van der Waals surface area contributed by atoms with Crippen molar-refractivity contribution in [3.05, 3.63) is 44.6 Å². The van der Waals surface area contributed by atoms with E-state index >= 15 is 0 Å². The van der Waals surface area contributed by atoms with E-state index in [-0.39, 0.29) is 12.5 Å². The molecule has 26 heavy (non-hydrogen) atoms. The van der Waals surface area contributed by atoms with E-state index in [1.807, 2.05) is 12.1 Å². The van der Waals surface area contributed by atoms with Crippen LogP contribution in [-0.2, 0) is 22.5 Å². The van der Waals surface area contributed by atoms with E-state index in [0.717, 1.165) is 22.5 Å². The summed E-state index contributed by atoms with van der Waals surface area (Å²) in [5.41, 5.74) is 2.12. The van der Waals surface area contributed by atoms with Crippen LogP contribution in [0.25, 0.3) is 0 Å². The third-order valence-corrected chi connectivity index (χ3v) is 5.38. The predicted octanol–water partition coefficient (Wildman–Crippen LogP) is 3.16. The standard InChI is InChI=1S/C18H18ClNO5S/c1-23-13-7-11-5-6-20(9-12(11)8-14(13)24-2)17(21)10-25-18(22)15-3-4-16(19)26-15/h3-4,7-8H,5-6,9-10H2,1-2H3. The van der Waals surface area contributed by atoms with Crippen LogP contribution in [0.5, 0.6) is 11.5 Å². The number of benzene rings is 1. The van der Waals surface area contributed by atoms with Crippen molar-refractivity contribution >= 4 is 34.8 Å². The minimum Gasteiger partial charge on any atom is -0.493 e. The van der Waals surface area contributed by atoms with E-state index in [9.17, 15) is 9.59 Å². The Labute approximate surface area is 160 Å². The number of carbonyl (C=O) groups is 2. The summed E-state index contributed by atoms with van der Waals surface area (Å²) >= 11 is 6.92. The van der Waals surface area contributed by atoms with Gasteiger partial charge in [-0.1, -0.05) is 11.6 Å². The lowest BCUT2D eigenvalue weighted by Crippen LogP contribution is -2.38. The number of ether oxygens (including phenoxy) is 3. The smallest absolute Gasteiger partial charge is 0.348 e. The van der Waals surface area contributed by atoms with Gasteiger partial charge in [0.05, 0.1) is 18.6 Å². The Morgan fingerprint density at radius 3 is 2.46 bits per heavy atom. The molecule has 0 N–H and O–H groups in total. The Kier molecular flexibility index (Phi) is 5.68. The second-order valence-electron chi connectivity index (χ2n) is 5.72. The molecule has 1 aliphatic rings. The minimum atomic E-state index is -0.543. The molecular weight excluding hydrogens is 378 g/mol. The zero-order chi connectivity index (χ0) is 18.7. The quantitative estimate of drug-likeness (QED) is 0.727. The molecule has 2 heterocycles. The van der Waals surface area contributed by atoms with Crippen molar-refractivity contribution in [2.45, 2.75) is 13.0 Å². The van der Waals surface area contributed by atoms with Gasteiger partial charge in [-0.15, -0.1) is 11.3 Å². The zero-order valence-corrected chi connectivity index (χ0v) is 16.0. The third-order valence-electron chi connectivity index (χ3n) is 4.17. The van der Waals surface area contributed by atoms with Gasteiger partial charge in [0.15, 0.2) is 18.1 Å². The van der Waals surface area contributed by atoms with Crippen LogP contribution in [0.2, 0.25) is 4.34 Å². The molecule has 0 fully saturated rings. The lowest BCUT2D eigenvalue weighted by molar-refractivity contribution is -0.135. The van der Waals surface area contributed by atoms with E-state index in [0.29, 0.717) is 40.2 Å². The Hall–Kier alpha value is -2.25. The molecule has 1 aromatic heterocycles. The number of hydrogen-bond acceptors (Lipinski definition) is 6. The minimum absolute atomic E-state index is 0.235. The number of thiophene rings is 1. The molecule has 138 valence electrons. The fourth-order valence-corrected chi connectivity index (χ4v) is 3.75. The van der Waals surface area contributed by atoms with Crippen molar-refractivity contribution in [2.24, 2.45) is 0 Å². The van der Waals surface area contributed by atoms with Crippen LogP contribution >= 0.6 is 22.9 Å². The van der Waals surface area contributed by atoms with Crippen molar-refractivity contribution in [1.29, 1.82) is 0 Å². The van der Waals surface area contributed by atoms with Crippen molar-refractivity contribution in [1.82, 2.24) is 4.90 Å². The fourth-order valence-electron chi connectivity index (χ4n) is 2.81. The normalized spacial score (nSPS) is 13.1. The van der Waals surface area contributed by atoms with E-state index < -0.39 is 5.97 Å². The first-order valence-corrected chi connectivity index (χ1v) is 9.15. The number of amides is 1. The van der Waals surface area contributed by atoms with Gasteiger partial charge in [0, 0.05) is 13.1 Å². The number of esters is 1. The van der Waals surface area contributed by atoms with Crippen LogP contribution in [0.1, 0.15) is 20.8 Å². The highest BCUT2D eigenvalue weighted by Crippen LogP contribution is 2.33. The Morgan fingerprint density at radius 2 is 1.85 bits per heavy atom. The van der Waals surface area contributed by atoms with Gasteiger partial charge in [0.1, 0.15) is 4.88 Å². The van der Waals surface area contributed by atoms with Gasteiger partial charge in [-0.2, -0.15) is 0 Å². The van der Waals surface area contributed by atoms with E-state index in [1.165, 1.54) is 0 Å². The average Bonchev–Trinajstić information content (AvgIpc) is 3.10. The summed E-state index contributed by atoms with van der Waals surface area (Å²) in [6.45, 7) is 0.706. The number of carbonyl (C=O) groups excluding carboxylic acids is 2. The molecule has 0 bridgehead atoms. The molecule has 2 aromatic rings. The topological polar surface area (TPSA) is 65.1 Å². The van der Waals surface area contributed by atoms with Gasteiger partial charge in [-0.25, -0.2) is 4.79 Å². The van der Waals surface area contributed by atoms with Gasteiger partial charge < -0.3 is 19.1 Å². The molecule has 1 aromatic carbocycles. The zero-order valence-electron chi connectivity index (χ0n) is 14.4. The van der Waals surface area contributed by atoms with Crippen LogP contribution in [0.15, 0.2) is 24.3 Å². The lowest BCUT2D eigenvalue weighted by Gasteiger charge is -2.29. The summed E-state index contributed by atoms with van der Waals surface area (Å²) in [6, 6.07) is 7.02. The summed E-state index contributed by atoms with van der Waals surface area (Å²) in [7, 11) is 3.17. The first-order valence-electron chi connectivity index (χ1n) is 7.96. The number of methoxy groups -OCH3 is 2. The Balaban J connectivity index is 1.62. The molecular formula is C18H18ClNO5S. The summed E-state index contributed by atoms with van der Waals surface area (Å²) < 4.78 is 16.2. The fraction of sp³-hybridized carbons (Fsp3) is 0.333. The highest BCUT2D eigenvalue weighted by Gasteiger charge is 2.24. The van der Waals surface area contributed by atoms with Crippen molar-refractivity contribution < 1.29 is 23.8 Å². The average molecular weight is 396 g/mol. The molecule has 0 unspecified atom stereocenters. The van der Waals surface area contributed by atoms with E-state index in [2.05, 4.69) is 0 Å². The van der Waals surface area contributed by atoms with Gasteiger partial charge in [0.25, 0.3) is 5.91 Å². The van der Waals surface area contributed by atoms with E-state index in [4.69, 9.17) is 25.8 Å². The molecule has 0 atom stereocenters. The van der Waals surface area contributed by atoms with Crippen molar-refractivity contribution in [3.63, 3.8) is 0 Å². The first kappa shape index (κ1) is 18.5. The number of nitrogens with zero attached hydrogens (tertiary/aromatic N) is 1. The van der Waals surface area contributed by atoms with Gasteiger partial charge in [0.2, 0.25) is 0 Å². The molecule has 1 amide bonds. The monoisotopic (exact) mass is 395 g/mol. The number of fused-ring (bicyclic) bond motifs is 1. The lowest BCUT2D eigenvalue weighted by atomic mass is 9.99. The number of halogens is 1. The van der Waals surface area contributed by atoms with Crippen molar-refractivity contribution in [2.75, 3.05) is 27.4 Å². The number of rotatable bonds is 5. The second-order valence-corrected chi connectivity index (χ2v) is 7.44. The summed E-state index contributed by atoms with van der Waals surface area (Å²) in [6.07, 6.45) is 0.704. The predicted molar refractivity (Wildman–Crippen MR) is 98.3 cm³/mol. The number of hydrogen-bond donors (Lipinski definition) is 0. The van der Waals surface area contributed by atoms with Gasteiger partial charge >= 0.3 is 5.97 Å². The Bertz CT molecular complexity index is 835. The second kappa shape index (κ2) is 7.97. The highest BCUT2D eigenvalue weighted by atomic mass is 35.5. The first-order chi connectivity index (χ1) is 12.5. The molecule has 0 saturated carbocycles. The molecule has 0 spiro atoms. The Morgan fingerprint density at radius 1 is 1.15 bits per heavy atom. The molecule has 3 rings (SSSR count). The molecule has 8 heteroatoms. The maximum atomic E-state index is 12.4. The maximum Gasteiger partial charge on any atom is 0.348 e.